The maximum absolute atomic E-state index is 5.66. The van der Waals surface area contributed by atoms with E-state index in [0.717, 1.165) is 54.2 Å². The van der Waals surface area contributed by atoms with E-state index in [4.69, 9.17) is 9.72 Å². The Balaban J connectivity index is 1.47. The number of benzene rings is 1. The lowest BCUT2D eigenvalue weighted by molar-refractivity contribution is 0.0529. The van der Waals surface area contributed by atoms with Crippen molar-refractivity contribution in [2.45, 2.75) is 39.8 Å². The average Bonchev–Trinajstić information content (AvgIpc) is 2.85. The van der Waals surface area contributed by atoms with Gasteiger partial charge in [-0.25, -0.2) is 9.97 Å². The Morgan fingerprint density at radius 3 is 2.79 bits per heavy atom. The van der Waals surface area contributed by atoms with Crippen LogP contribution in [0.1, 0.15) is 38.3 Å². The molecule has 1 aliphatic rings. The van der Waals surface area contributed by atoms with Crippen molar-refractivity contribution >= 4 is 33.7 Å². The van der Waals surface area contributed by atoms with Crippen molar-refractivity contribution in [1.29, 1.82) is 0 Å². The molecule has 1 atom stereocenters. The lowest BCUT2D eigenvalue weighted by atomic mass is 10.0. The third-order valence-electron chi connectivity index (χ3n) is 6.10. The first-order valence-electron chi connectivity index (χ1n) is 11.7. The van der Waals surface area contributed by atoms with Gasteiger partial charge in [0.05, 0.1) is 12.7 Å². The van der Waals surface area contributed by atoms with E-state index in [-0.39, 0.29) is 6.10 Å². The van der Waals surface area contributed by atoms with Gasteiger partial charge in [-0.15, -0.1) is 0 Å². The number of hydrogen-bond donors (Lipinski definition) is 1. The fraction of sp³-hybridized carbons (Fsp3) is 0.370. The van der Waals surface area contributed by atoms with Crippen LogP contribution in [0.15, 0.2) is 59.9 Å². The highest BCUT2D eigenvalue weighted by molar-refractivity contribution is 5.99. The number of nitrogens with zero attached hydrogens (tertiary/aromatic N) is 4. The van der Waals surface area contributed by atoms with E-state index >= 15 is 0 Å². The van der Waals surface area contributed by atoms with E-state index in [2.05, 4.69) is 70.4 Å². The van der Waals surface area contributed by atoms with Crippen LogP contribution in [0.4, 0.5) is 11.6 Å². The molecule has 3 aromatic rings. The Morgan fingerprint density at radius 2 is 2.06 bits per heavy atom. The maximum atomic E-state index is 5.66. The summed E-state index contributed by atoms with van der Waals surface area (Å²) < 4.78 is 5.66. The Morgan fingerprint density at radius 1 is 1.24 bits per heavy atom. The van der Waals surface area contributed by atoms with Crippen LogP contribution < -0.4 is 10.2 Å². The normalized spacial score (nSPS) is 17.5. The number of pyridine rings is 2. The molecule has 0 amide bonds. The Hall–Kier alpha value is -3.25. The van der Waals surface area contributed by atoms with Crippen molar-refractivity contribution in [3.63, 3.8) is 0 Å². The SMILES string of the molecule is CC/C(=C\C(C)=NC)c1ccc(CNc2nccc3cc(N4CCOC(C)C4)ncc23)cc1. The molecule has 4 rings (SSSR count). The molecule has 1 aliphatic heterocycles. The second-order valence-corrected chi connectivity index (χ2v) is 8.49. The van der Waals surface area contributed by atoms with Crippen LogP contribution in [0, 0.1) is 0 Å². The Labute approximate surface area is 196 Å². The lowest BCUT2D eigenvalue weighted by Gasteiger charge is -2.32. The van der Waals surface area contributed by atoms with E-state index in [0.29, 0.717) is 6.54 Å². The fourth-order valence-corrected chi connectivity index (χ4v) is 4.13. The Bertz CT molecular complexity index is 1150. The quantitative estimate of drug-likeness (QED) is 0.499. The summed E-state index contributed by atoms with van der Waals surface area (Å²) in [6.07, 6.45) is 7.15. The van der Waals surface area contributed by atoms with Crippen molar-refractivity contribution in [2.24, 2.45) is 4.99 Å². The third-order valence-corrected chi connectivity index (χ3v) is 6.10. The van der Waals surface area contributed by atoms with Crippen molar-refractivity contribution in [3.8, 4) is 0 Å². The molecule has 1 unspecified atom stereocenters. The monoisotopic (exact) mass is 443 g/mol. The number of rotatable bonds is 7. The van der Waals surface area contributed by atoms with Gasteiger partial charge in [-0.05, 0) is 60.6 Å². The van der Waals surface area contributed by atoms with Gasteiger partial charge in [0.15, 0.2) is 0 Å². The molecular formula is C27H33N5O. The molecule has 2 aromatic heterocycles. The highest BCUT2D eigenvalue weighted by Gasteiger charge is 2.18. The molecule has 0 spiro atoms. The van der Waals surface area contributed by atoms with Crippen molar-refractivity contribution < 1.29 is 4.74 Å². The van der Waals surface area contributed by atoms with Gasteiger partial charge in [-0.1, -0.05) is 31.2 Å². The molecular weight excluding hydrogens is 410 g/mol. The molecule has 6 nitrogen and oxygen atoms in total. The van der Waals surface area contributed by atoms with Gasteiger partial charge in [0, 0.05) is 50.2 Å². The van der Waals surface area contributed by atoms with Gasteiger partial charge in [0.25, 0.3) is 0 Å². The van der Waals surface area contributed by atoms with Crippen LogP contribution >= 0.6 is 0 Å². The van der Waals surface area contributed by atoms with E-state index in [1.807, 2.05) is 32.4 Å². The van der Waals surface area contributed by atoms with E-state index in [9.17, 15) is 0 Å². The van der Waals surface area contributed by atoms with Gasteiger partial charge >= 0.3 is 0 Å². The first-order valence-corrected chi connectivity index (χ1v) is 11.7. The number of ether oxygens (including phenoxy) is 1. The molecule has 33 heavy (non-hydrogen) atoms. The topological polar surface area (TPSA) is 62.6 Å². The number of allylic oxidation sites excluding steroid dienone is 2. The van der Waals surface area contributed by atoms with Crippen LogP contribution in [0.25, 0.3) is 16.3 Å². The number of morpholine rings is 1. The van der Waals surface area contributed by atoms with Crippen LogP contribution in [-0.4, -0.2) is 48.5 Å². The molecule has 0 saturated carbocycles. The highest BCUT2D eigenvalue weighted by Crippen LogP contribution is 2.26. The van der Waals surface area contributed by atoms with Crippen LogP contribution in [0.3, 0.4) is 0 Å². The van der Waals surface area contributed by atoms with Crippen molar-refractivity contribution in [3.05, 3.63) is 66.0 Å². The second kappa shape index (κ2) is 10.6. The zero-order chi connectivity index (χ0) is 23.2. The van der Waals surface area contributed by atoms with Crippen LogP contribution in [0.5, 0.6) is 0 Å². The summed E-state index contributed by atoms with van der Waals surface area (Å²) in [5.74, 6) is 1.85. The predicted octanol–water partition coefficient (Wildman–Crippen LogP) is 5.35. The van der Waals surface area contributed by atoms with Crippen LogP contribution in [0.2, 0.25) is 0 Å². The van der Waals surface area contributed by atoms with E-state index < -0.39 is 0 Å². The van der Waals surface area contributed by atoms with E-state index in [1.54, 1.807) is 0 Å². The molecule has 0 radical (unpaired) electrons. The van der Waals surface area contributed by atoms with Gasteiger partial charge < -0.3 is 15.0 Å². The highest BCUT2D eigenvalue weighted by atomic mass is 16.5. The minimum absolute atomic E-state index is 0.227. The molecule has 0 bridgehead atoms. The number of nitrogens with one attached hydrogen (secondary N) is 1. The number of aromatic nitrogens is 2. The molecule has 1 fully saturated rings. The molecule has 3 heterocycles. The van der Waals surface area contributed by atoms with Gasteiger partial charge in [0.2, 0.25) is 0 Å². The predicted molar refractivity (Wildman–Crippen MR) is 138 cm³/mol. The number of anilines is 2. The molecule has 0 aliphatic carbocycles. The maximum Gasteiger partial charge on any atom is 0.135 e. The molecule has 6 heteroatoms. The van der Waals surface area contributed by atoms with Gasteiger partial charge in [-0.2, -0.15) is 0 Å². The number of fused-ring (bicyclic) bond motifs is 1. The Kier molecular flexibility index (Phi) is 7.35. The summed E-state index contributed by atoms with van der Waals surface area (Å²) in [4.78, 5) is 15.8. The first-order chi connectivity index (χ1) is 16.1. The largest absolute Gasteiger partial charge is 0.375 e. The van der Waals surface area contributed by atoms with E-state index in [1.165, 1.54) is 16.7 Å². The average molecular weight is 444 g/mol. The second-order valence-electron chi connectivity index (χ2n) is 8.49. The summed E-state index contributed by atoms with van der Waals surface area (Å²) in [5, 5.41) is 5.66. The molecule has 1 saturated heterocycles. The third kappa shape index (κ3) is 5.57. The van der Waals surface area contributed by atoms with Crippen molar-refractivity contribution in [1.82, 2.24) is 9.97 Å². The minimum atomic E-state index is 0.227. The smallest absolute Gasteiger partial charge is 0.135 e. The zero-order valence-corrected chi connectivity index (χ0v) is 20.0. The van der Waals surface area contributed by atoms with Gasteiger partial charge in [-0.3, -0.25) is 4.99 Å². The van der Waals surface area contributed by atoms with Crippen LogP contribution in [-0.2, 0) is 11.3 Å². The molecule has 1 N–H and O–H groups in total. The summed E-state index contributed by atoms with van der Waals surface area (Å²) in [5.41, 5.74) is 4.78. The summed E-state index contributed by atoms with van der Waals surface area (Å²) in [6.45, 7) is 9.49. The molecule has 172 valence electrons. The standard InChI is InChI=1S/C27H33N5O/c1-5-22(14-19(2)28-4)23-8-6-21(7-9-23)16-31-27-25-17-30-26(15-24(25)10-11-29-27)32-12-13-33-20(3)18-32/h6-11,14-15,17,20H,5,12-13,16,18H2,1-4H3,(H,29,31)/b22-14+,28-19?. The van der Waals surface area contributed by atoms with Crippen molar-refractivity contribution in [2.75, 3.05) is 37.0 Å². The number of aliphatic imine (C=N–C) groups is 1. The minimum Gasteiger partial charge on any atom is -0.375 e. The molecule has 1 aromatic carbocycles. The summed E-state index contributed by atoms with van der Waals surface area (Å²) in [7, 11) is 1.83. The van der Waals surface area contributed by atoms with Gasteiger partial charge in [0.1, 0.15) is 11.6 Å². The summed E-state index contributed by atoms with van der Waals surface area (Å²) in [6, 6.07) is 12.9. The summed E-state index contributed by atoms with van der Waals surface area (Å²) >= 11 is 0. The lowest BCUT2D eigenvalue weighted by Crippen LogP contribution is -2.41. The zero-order valence-electron chi connectivity index (χ0n) is 20.0. The fourth-order valence-electron chi connectivity index (χ4n) is 4.13. The first kappa shape index (κ1) is 22.9. The number of hydrogen-bond acceptors (Lipinski definition) is 6.